The molecule has 6 heteroatoms. The fourth-order valence-corrected chi connectivity index (χ4v) is 4.71. The van der Waals surface area contributed by atoms with Crippen LogP contribution in [-0.2, 0) is 17.9 Å². The van der Waals surface area contributed by atoms with Gasteiger partial charge in [0.25, 0.3) is 5.91 Å². The molecule has 0 atom stereocenters. The zero-order valence-corrected chi connectivity index (χ0v) is 16.5. The van der Waals surface area contributed by atoms with Gasteiger partial charge >= 0.3 is 0 Å². The Hall–Kier alpha value is -2.44. The molecule has 0 N–H and O–H groups in total. The third-order valence-electron chi connectivity index (χ3n) is 4.64. The van der Waals surface area contributed by atoms with Crippen LogP contribution in [0.1, 0.15) is 33.0 Å². The Bertz CT molecular complexity index is 866. The quantitative estimate of drug-likeness (QED) is 0.602. The molecule has 27 heavy (non-hydrogen) atoms. The SMILES string of the molecule is O=C(c1ccc(N2CCCC2=O)cc1)N(Cc1cccs1)Cc1cccs1. The van der Waals surface area contributed by atoms with E-state index in [1.54, 1.807) is 27.6 Å². The van der Waals surface area contributed by atoms with E-state index < -0.39 is 0 Å². The van der Waals surface area contributed by atoms with E-state index in [9.17, 15) is 9.59 Å². The highest BCUT2D eigenvalue weighted by Crippen LogP contribution is 2.24. The molecule has 138 valence electrons. The number of anilines is 1. The molecule has 4 nitrogen and oxygen atoms in total. The Morgan fingerprint density at radius 1 is 0.963 bits per heavy atom. The molecule has 1 aliphatic rings. The summed E-state index contributed by atoms with van der Waals surface area (Å²) in [6.45, 7) is 1.95. The van der Waals surface area contributed by atoms with Gasteiger partial charge in [0.1, 0.15) is 0 Å². The van der Waals surface area contributed by atoms with E-state index in [2.05, 4.69) is 12.1 Å². The second-order valence-corrected chi connectivity index (χ2v) is 8.58. The zero-order valence-electron chi connectivity index (χ0n) is 14.8. The maximum atomic E-state index is 13.1. The molecule has 0 spiro atoms. The molecule has 1 fully saturated rings. The Kier molecular flexibility index (Phi) is 5.36. The summed E-state index contributed by atoms with van der Waals surface area (Å²) in [6.07, 6.45) is 1.50. The van der Waals surface area contributed by atoms with Crippen LogP contribution in [0.2, 0.25) is 0 Å². The van der Waals surface area contributed by atoms with Crippen LogP contribution in [0.4, 0.5) is 5.69 Å². The Morgan fingerprint density at radius 3 is 2.07 bits per heavy atom. The van der Waals surface area contributed by atoms with Crippen LogP contribution in [0.15, 0.2) is 59.3 Å². The van der Waals surface area contributed by atoms with Gasteiger partial charge in [-0.2, -0.15) is 0 Å². The lowest BCUT2D eigenvalue weighted by atomic mass is 10.1. The lowest BCUT2D eigenvalue weighted by Gasteiger charge is -2.22. The minimum atomic E-state index is 0.0103. The number of hydrogen-bond acceptors (Lipinski definition) is 4. The van der Waals surface area contributed by atoms with E-state index in [-0.39, 0.29) is 11.8 Å². The lowest BCUT2D eigenvalue weighted by Crippen LogP contribution is -2.29. The van der Waals surface area contributed by atoms with Crippen LogP contribution in [0, 0.1) is 0 Å². The van der Waals surface area contributed by atoms with Gasteiger partial charge in [0.15, 0.2) is 0 Å². The largest absolute Gasteiger partial charge is 0.328 e. The number of nitrogens with zero attached hydrogens (tertiary/aromatic N) is 2. The minimum absolute atomic E-state index is 0.0103. The van der Waals surface area contributed by atoms with Crippen molar-refractivity contribution in [2.24, 2.45) is 0 Å². The van der Waals surface area contributed by atoms with Crippen molar-refractivity contribution in [1.29, 1.82) is 0 Å². The average Bonchev–Trinajstić information content (AvgIpc) is 3.44. The summed E-state index contributed by atoms with van der Waals surface area (Å²) in [5.74, 6) is 0.169. The van der Waals surface area contributed by atoms with Crippen LogP contribution in [0.3, 0.4) is 0 Å². The monoisotopic (exact) mass is 396 g/mol. The van der Waals surface area contributed by atoms with Gasteiger partial charge in [-0.15, -0.1) is 22.7 Å². The molecule has 3 aromatic rings. The normalized spacial score (nSPS) is 13.9. The second-order valence-electron chi connectivity index (χ2n) is 6.52. The summed E-state index contributed by atoms with van der Waals surface area (Å²) in [5, 5.41) is 4.07. The summed E-state index contributed by atoms with van der Waals surface area (Å²) in [7, 11) is 0. The fraction of sp³-hybridized carbons (Fsp3) is 0.238. The van der Waals surface area contributed by atoms with Crippen molar-refractivity contribution >= 4 is 40.2 Å². The van der Waals surface area contributed by atoms with Gasteiger partial charge in [-0.3, -0.25) is 9.59 Å². The highest BCUT2D eigenvalue weighted by atomic mass is 32.1. The van der Waals surface area contributed by atoms with Crippen LogP contribution < -0.4 is 4.90 Å². The van der Waals surface area contributed by atoms with Crippen molar-refractivity contribution in [1.82, 2.24) is 4.90 Å². The molecule has 2 aromatic heterocycles. The van der Waals surface area contributed by atoms with Gasteiger partial charge in [0.05, 0.1) is 13.1 Å². The first kappa shape index (κ1) is 17.9. The van der Waals surface area contributed by atoms with Gasteiger partial charge in [-0.1, -0.05) is 12.1 Å². The van der Waals surface area contributed by atoms with Gasteiger partial charge in [-0.05, 0) is 53.6 Å². The third kappa shape index (κ3) is 4.12. The average molecular weight is 397 g/mol. The minimum Gasteiger partial charge on any atom is -0.328 e. The molecule has 3 heterocycles. The Balaban J connectivity index is 1.53. The van der Waals surface area contributed by atoms with Gasteiger partial charge < -0.3 is 9.80 Å². The Labute approximate surface area is 166 Å². The van der Waals surface area contributed by atoms with Crippen LogP contribution >= 0.6 is 22.7 Å². The maximum absolute atomic E-state index is 13.1. The maximum Gasteiger partial charge on any atom is 0.254 e. The highest BCUT2D eigenvalue weighted by Gasteiger charge is 2.22. The molecule has 0 saturated carbocycles. The molecule has 2 amide bonds. The summed E-state index contributed by atoms with van der Waals surface area (Å²) in [4.78, 5) is 31.1. The number of thiophene rings is 2. The summed E-state index contributed by atoms with van der Waals surface area (Å²) in [6, 6.07) is 15.6. The smallest absolute Gasteiger partial charge is 0.254 e. The molecule has 1 aliphatic heterocycles. The number of carbonyl (C=O) groups excluding carboxylic acids is 2. The van der Waals surface area contributed by atoms with Gasteiger partial charge in [0.2, 0.25) is 5.91 Å². The first-order chi connectivity index (χ1) is 13.2. The number of rotatable bonds is 6. The van der Waals surface area contributed by atoms with Crippen LogP contribution in [0.25, 0.3) is 0 Å². The van der Waals surface area contributed by atoms with Crippen molar-refractivity contribution in [3.63, 3.8) is 0 Å². The van der Waals surface area contributed by atoms with E-state index in [0.717, 1.165) is 18.7 Å². The number of amides is 2. The Morgan fingerprint density at radius 2 is 1.59 bits per heavy atom. The molecule has 0 aliphatic carbocycles. The van der Waals surface area contributed by atoms with E-state index in [0.29, 0.717) is 25.1 Å². The second kappa shape index (κ2) is 8.06. The molecule has 1 aromatic carbocycles. The first-order valence-corrected chi connectivity index (χ1v) is 10.7. The van der Waals surface area contributed by atoms with E-state index in [1.807, 2.05) is 52.1 Å². The molecule has 0 unspecified atom stereocenters. The summed E-state index contributed by atoms with van der Waals surface area (Å²) >= 11 is 3.32. The third-order valence-corrected chi connectivity index (χ3v) is 6.36. The van der Waals surface area contributed by atoms with Crippen molar-refractivity contribution < 1.29 is 9.59 Å². The predicted octanol–water partition coefficient (Wildman–Crippen LogP) is 4.78. The number of carbonyl (C=O) groups is 2. The number of benzene rings is 1. The molecular weight excluding hydrogens is 376 g/mol. The lowest BCUT2D eigenvalue weighted by molar-refractivity contribution is -0.117. The first-order valence-electron chi connectivity index (χ1n) is 8.95. The molecular formula is C21H20N2O2S2. The summed E-state index contributed by atoms with van der Waals surface area (Å²) in [5.41, 5.74) is 1.52. The zero-order chi connectivity index (χ0) is 18.6. The van der Waals surface area contributed by atoms with Crippen molar-refractivity contribution in [3.05, 3.63) is 74.6 Å². The highest BCUT2D eigenvalue weighted by molar-refractivity contribution is 7.10. The van der Waals surface area contributed by atoms with Crippen molar-refractivity contribution in [2.75, 3.05) is 11.4 Å². The molecule has 0 bridgehead atoms. The van der Waals surface area contributed by atoms with E-state index in [4.69, 9.17) is 0 Å². The molecule has 1 saturated heterocycles. The summed E-state index contributed by atoms with van der Waals surface area (Å²) < 4.78 is 0. The van der Waals surface area contributed by atoms with E-state index in [1.165, 1.54) is 9.75 Å². The van der Waals surface area contributed by atoms with Crippen LogP contribution in [0.5, 0.6) is 0 Å². The predicted molar refractivity (Wildman–Crippen MR) is 110 cm³/mol. The van der Waals surface area contributed by atoms with Gasteiger partial charge in [-0.25, -0.2) is 0 Å². The van der Waals surface area contributed by atoms with Gasteiger partial charge in [0, 0.05) is 34.0 Å². The van der Waals surface area contributed by atoms with Crippen molar-refractivity contribution in [2.45, 2.75) is 25.9 Å². The topological polar surface area (TPSA) is 40.6 Å². The number of hydrogen-bond donors (Lipinski definition) is 0. The van der Waals surface area contributed by atoms with E-state index >= 15 is 0 Å². The fourth-order valence-electron chi connectivity index (χ4n) is 3.27. The molecule has 0 radical (unpaired) electrons. The van der Waals surface area contributed by atoms with Crippen molar-refractivity contribution in [3.8, 4) is 0 Å². The van der Waals surface area contributed by atoms with Crippen LogP contribution in [-0.4, -0.2) is 23.3 Å². The standard InChI is InChI=1S/C21H20N2O2S2/c24-20-6-1-11-23(20)17-9-7-16(8-10-17)21(25)22(14-18-4-2-12-26-18)15-19-5-3-13-27-19/h2-5,7-10,12-13H,1,6,11,14-15H2. The molecule has 4 rings (SSSR count).